The average Bonchev–Trinajstić information content (AvgIpc) is 2.76. The number of hydrogen-bond donors (Lipinski definition) is 0. The van der Waals surface area contributed by atoms with Gasteiger partial charge in [-0.3, -0.25) is 0 Å². The van der Waals surface area contributed by atoms with E-state index in [1.54, 1.807) is 0 Å². The Hall–Kier alpha value is -1.92. The summed E-state index contributed by atoms with van der Waals surface area (Å²) in [5.41, 5.74) is 2.49. The van der Waals surface area contributed by atoms with Crippen LogP contribution >= 0.6 is 0 Å². The lowest BCUT2D eigenvalue weighted by atomic mass is 9.80. The third-order valence-electron chi connectivity index (χ3n) is 6.09. The zero-order chi connectivity index (χ0) is 20.6. The van der Waals surface area contributed by atoms with Crippen molar-refractivity contribution in [1.29, 1.82) is 0 Å². The van der Waals surface area contributed by atoms with E-state index in [1.807, 2.05) is 12.2 Å². The van der Waals surface area contributed by atoms with Crippen molar-refractivity contribution in [3.05, 3.63) is 47.5 Å². The molecule has 1 aromatic rings. The highest BCUT2D eigenvalue weighted by molar-refractivity contribution is 5.39. The van der Waals surface area contributed by atoms with Crippen LogP contribution in [0.3, 0.4) is 0 Å². The predicted molar refractivity (Wildman–Crippen MR) is 128 cm³/mol. The number of aryl methyl sites for hydroxylation is 1. The van der Waals surface area contributed by atoms with Crippen LogP contribution in [0.25, 0.3) is 0 Å². The van der Waals surface area contributed by atoms with Crippen molar-refractivity contribution in [3.8, 4) is 23.7 Å². The van der Waals surface area contributed by atoms with Crippen LogP contribution in [0, 0.1) is 35.5 Å². The lowest BCUT2D eigenvalue weighted by Gasteiger charge is -2.25. The van der Waals surface area contributed by atoms with Crippen LogP contribution in [0.2, 0.25) is 0 Å². The Bertz CT molecular complexity index is 690. The summed E-state index contributed by atoms with van der Waals surface area (Å²) >= 11 is 0. The smallest absolute Gasteiger partial charge is 0.0249 e. The minimum Gasteiger partial charge on any atom is -0.0951 e. The number of unbranched alkanes of at least 4 members (excludes halogenated alkanes) is 5. The van der Waals surface area contributed by atoms with Crippen molar-refractivity contribution < 1.29 is 0 Å². The standard InChI is InChI=1S/C29H40/c1-3-5-7-8-11-15-27-22-24-29(25-23-27)17-13-10-9-12-16-28-20-18-26(19-21-28)14-6-4-2/h9-10,18-21,27,29H,3-8,11,14-15,22-25H2,1-2H3/b10-9+. The van der Waals surface area contributed by atoms with E-state index in [0.717, 1.165) is 11.5 Å². The van der Waals surface area contributed by atoms with Gasteiger partial charge >= 0.3 is 0 Å². The van der Waals surface area contributed by atoms with Crippen molar-refractivity contribution in [3.63, 3.8) is 0 Å². The zero-order valence-electron chi connectivity index (χ0n) is 18.8. The second-order valence-corrected chi connectivity index (χ2v) is 8.61. The maximum absolute atomic E-state index is 3.45. The van der Waals surface area contributed by atoms with Gasteiger partial charge in [0, 0.05) is 11.5 Å². The Balaban J connectivity index is 1.64. The Labute approximate surface area is 180 Å². The lowest BCUT2D eigenvalue weighted by molar-refractivity contribution is 0.294. The molecule has 1 fully saturated rings. The van der Waals surface area contributed by atoms with E-state index < -0.39 is 0 Å². The average molecular weight is 389 g/mol. The van der Waals surface area contributed by atoms with Crippen LogP contribution < -0.4 is 0 Å². The Kier molecular flexibility index (Phi) is 12.1. The molecule has 0 heteroatoms. The second-order valence-electron chi connectivity index (χ2n) is 8.61. The first kappa shape index (κ1) is 23.4. The number of benzene rings is 1. The molecule has 0 radical (unpaired) electrons. The van der Waals surface area contributed by atoms with Crippen molar-refractivity contribution in [2.45, 2.75) is 97.3 Å². The highest BCUT2D eigenvalue weighted by Crippen LogP contribution is 2.31. The van der Waals surface area contributed by atoms with E-state index in [1.165, 1.54) is 89.0 Å². The van der Waals surface area contributed by atoms with Gasteiger partial charge < -0.3 is 0 Å². The van der Waals surface area contributed by atoms with Crippen LogP contribution in [0.4, 0.5) is 0 Å². The molecule has 1 aliphatic carbocycles. The highest BCUT2D eigenvalue weighted by atomic mass is 14.2. The van der Waals surface area contributed by atoms with Gasteiger partial charge in [-0.2, -0.15) is 0 Å². The molecule has 0 amide bonds. The summed E-state index contributed by atoms with van der Waals surface area (Å²) in [5, 5.41) is 0. The quantitative estimate of drug-likeness (QED) is 0.296. The van der Waals surface area contributed by atoms with Gasteiger partial charge in [-0.05, 0) is 74.3 Å². The molecule has 2 rings (SSSR count). The van der Waals surface area contributed by atoms with Gasteiger partial charge in [-0.25, -0.2) is 0 Å². The van der Waals surface area contributed by atoms with Gasteiger partial charge in [0.2, 0.25) is 0 Å². The largest absolute Gasteiger partial charge is 0.0951 e. The first-order valence-electron chi connectivity index (χ1n) is 12.1. The van der Waals surface area contributed by atoms with Crippen molar-refractivity contribution >= 4 is 0 Å². The molecule has 0 N–H and O–H groups in total. The molecule has 0 aliphatic heterocycles. The van der Waals surface area contributed by atoms with Crippen molar-refractivity contribution in [1.82, 2.24) is 0 Å². The summed E-state index contributed by atoms with van der Waals surface area (Å²) in [4.78, 5) is 0. The predicted octanol–water partition coefficient (Wildman–Crippen LogP) is 8.11. The normalized spacial score (nSPS) is 18.7. The molecule has 1 saturated carbocycles. The Morgan fingerprint density at radius 1 is 0.793 bits per heavy atom. The van der Waals surface area contributed by atoms with Crippen LogP contribution in [-0.2, 0) is 6.42 Å². The van der Waals surface area contributed by atoms with Gasteiger partial charge in [0.05, 0.1) is 0 Å². The molecule has 0 saturated heterocycles. The summed E-state index contributed by atoms with van der Waals surface area (Å²) in [6.07, 6.45) is 21.3. The second kappa shape index (κ2) is 15.0. The van der Waals surface area contributed by atoms with E-state index >= 15 is 0 Å². The van der Waals surface area contributed by atoms with Crippen LogP contribution in [-0.4, -0.2) is 0 Å². The fraction of sp³-hybridized carbons (Fsp3) is 0.586. The van der Waals surface area contributed by atoms with Gasteiger partial charge in [0.25, 0.3) is 0 Å². The molecule has 156 valence electrons. The number of allylic oxidation sites excluding steroid dienone is 2. The minimum absolute atomic E-state index is 0.597. The first-order valence-corrected chi connectivity index (χ1v) is 12.1. The van der Waals surface area contributed by atoms with Gasteiger partial charge in [-0.15, -0.1) is 0 Å². The molecule has 1 aliphatic rings. The molecule has 0 unspecified atom stereocenters. The third kappa shape index (κ3) is 10.4. The minimum atomic E-state index is 0.597. The molecule has 29 heavy (non-hydrogen) atoms. The molecule has 0 heterocycles. The third-order valence-corrected chi connectivity index (χ3v) is 6.09. The fourth-order valence-electron chi connectivity index (χ4n) is 4.14. The molecule has 0 bridgehead atoms. The summed E-state index contributed by atoms with van der Waals surface area (Å²) in [6.45, 7) is 4.52. The van der Waals surface area contributed by atoms with E-state index in [4.69, 9.17) is 0 Å². The topological polar surface area (TPSA) is 0 Å². The Morgan fingerprint density at radius 2 is 1.48 bits per heavy atom. The van der Waals surface area contributed by atoms with Crippen molar-refractivity contribution in [2.75, 3.05) is 0 Å². The zero-order valence-corrected chi connectivity index (χ0v) is 18.8. The van der Waals surface area contributed by atoms with E-state index in [0.29, 0.717) is 5.92 Å². The summed E-state index contributed by atoms with van der Waals surface area (Å²) < 4.78 is 0. The molecular weight excluding hydrogens is 348 g/mol. The molecule has 0 aromatic heterocycles. The van der Waals surface area contributed by atoms with E-state index in [2.05, 4.69) is 61.8 Å². The summed E-state index contributed by atoms with van der Waals surface area (Å²) in [7, 11) is 0. The van der Waals surface area contributed by atoms with Gasteiger partial charge in [0.1, 0.15) is 0 Å². The lowest BCUT2D eigenvalue weighted by Crippen LogP contribution is -2.13. The fourth-order valence-corrected chi connectivity index (χ4v) is 4.14. The molecule has 0 nitrogen and oxygen atoms in total. The summed E-state index contributed by atoms with van der Waals surface area (Å²) in [6, 6.07) is 8.65. The van der Waals surface area contributed by atoms with Gasteiger partial charge in [-0.1, -0.05) is 94.6 Å². The SMILES string of the molecule is CCCCCCCC1CCC(C#C/C=C/C#Cc2ccc(CCCC)cc2)CC1. The number of hydrogen-bond acceptors (Lipinski definition) is 0. The molecular formula is C29H40. The molecule has 1 aromatic carbocycles. The van der Waals surface area contributed by atoms with Crippen LogP contribution in [0.5, 0.6) is 0 Å². The summed E-state index contributed by atoms with van der Waals surface area (Å²) in [5.74, 6) is 14.5. The molecule has 0 atom stereocenters. The van der Waals surface area contributed by atoms with E-state index in [-0.39, 0.29) is 0 Å². The van der Waals surface area contributed by atoms with Crippen LogP contribution in [0.15, 0.2) is 36.4 Å². The monoisotopic (exact) mass is 388 g/mol. The number of rotatable bonds is 9. The maximum Gasteiger partial charge on any atom is 0.0249 e. The highest BCUT2D eigenvalue weighted by Gasteiger charge is 2.19. The first-order chi connectivity index (χ1) is 14.3. The Morgan fingerprint density at radius 3 is 2.21 bits per heavy atom. The van der Waals surface area contributed by atoms with Crippen molar-refractivity contribution in [2.24, 2.45) is 11.8 Å². The maximum atomic E-state index is 3.45. The van der Waals surface area contributed by atoms with Gasteiger partial charge in [0.15, 0.2) is 0 Å². The van der Waals surface area contributed by atoms with E-state index in [9.17, 15) is 0 Å². The molecule has 0 spiro atoms. The van der Waals surface area contributed by atoms with Crippen LogP contribution in [0.1, 0.15) is 102 Å².